The van der Waals surface area contributed by atoms with Gasteiger partial charge in [-0.05, 0) is 13.0 Å². The second kappa shape index (κ2) is 4.09. The SMILES string of the molecule is CC(Br)c1cc2scc(C(F)(F)F)n2c(=O)n1. The van der Waals surface area contributed by atoms with Gasteiger partial charge in [0.1, 0.15) is 10.5 Å². The molecule has 17 heavy (non-hydrogen) atoms. The van der Waals surface area contributed by atoms with Crippen LogP contribution in [0.4, 0.5) is 13.2 Å². The lowest BCUT2D eigenvalue weighted by Crippen LogP contribution is -2.23. The third-order valence-electron chi connectivity index (χ3n) is 2.14. The third-order valence-corrected chi connectivity index (χ3v) is 3.49. The zero-order valence-electron chi connectivity index (χ0n) is 8.45. The molecule has 0 radical (unpaired) electrons. The zero-order chi connectivity index (χ0) is 12.8. The Kier molecular flexibility index (Phi) is 3.03. The molecule has 8 heteroatoms. The number of hydrogen-bond donors (Lipinski definition) is 0. The zero-order valence-corrected chi connectivity index (χ0v) is 10.9. The summed E-state index contributed by atoms with van der Waals surface area (Å²) >= 11 is 4.09. The summed E-state index contributed by atoms with van der Waals surface area (Å²) in [5, 5.41) is 0.918. The molecule has 0 saturated heterocycles. The molecule has 0 amide bonds. The van der Waals surface area contributed by atoms with Gasteiger partial charge in [0.15, 0.2) is 0 Å². The summed E-state index contributed by atoms with van der Waals surface area (Å²) < 4.78 is 38.4. The number of rotatable bonds is 1. The molecule has 2 aromatic rings. The van der Waals surface area contributed by atoms with E-state index in [1.54, 1.807) is 6.92 Å². The number of fused-ring (bicyclic) bond motifs is 1. The third kappa shape index (κ3) is 2.23. The van der Waals surface area contributed by atoms with Gasteiger partial charge in [-0.15, -0.1) is 11.3 Å². The van der Waals surface area contributed by atoms with E-state index in [-0.39, 0.29) is 9.66 Å². The number of nitrogens with zero attached hydrogens (tertiary/aromatic N) is 2. The molecule has 0 aliphatic rings. The Morgan fingerprint density at radius 2 is 2.18 bits per heavy atom. The number of halogens is 4. The van der Waals surface area contributed by atoms with Crippen LogP contribution in [0.5, 0.6) is 0 Å². The number of thiazole rings is 1. The number of hydrogen-bond acceptors (Lipinski definition) is 3. The van der Waals surface area contributed by atoms with Crippen molar-refractivity contribution in [3.63, 3.8) is 0 Å². The van der Waals surface area contributed by atoms with Gasteiger partial charge in [-0.25, -0.2) is 9.20 Å². The van der Waals surface area contributed by atoms with Gasteiger partial charge in [-0.3, -0.25) is 0 Å². The summed E-state index contributed by atoms with van der Waals surface area (Å²) in [6.07, 6.45) is -4.55. The van der Waals surface area contributed by atoms with Crippen molar-refractivity contribution in [3.8, 4) is 0 Å². The molecule has 1 atom stereocenters. The smallest absolute Gasteiger partial charge is 0.246 e. The van der Waals surface area contributed by atoms with Gasteiger partial charge in [0.25, 0.3) is 0 Å². The fourth-order valence-corrected chi connectivity index (χ4v) is 2.53. The van der Waals surface area contributed by atoms with Crippen LogP contribution in [-0.4, -0.2) is 9.38 Å². The van der Waals surface area contributed by atoms with Crippen LogP contribution in [0.1, 0.15) is 23.1 Å². The lowest BCUT2D eigenvalue weighted by Gasteiger charge is -2.06. The van der Waals surface area contributed by atoms with Crippen LogP contribution in [0.3, 0.4) is 0 Å². The molecule has 0 bridgehead atoms. The van der Waals surface area contributed by atoms with Crippen LogP contribution >= 0.6 is 27.3 Å². The van der Waals surface area contributed by atoms with E-state index in [9.17, 15) is 18.0 Å². The summed E-state index contributed by atoms with van der Waals surface area (Å²) in [5.41, 5.74) is -1.47. The van der Waals surface area contributed by atoms with E-state index in [1.165, 1.54) is 6.07 Å². The molecule has 0 N–H and O–H groups in total. The van der Waals surface area contributed by atoms with Crippen molar-refractivity contribution in [2.75, 3.05) is 0 Å². The van der Waals surface area contributed by atoms with Crippen molar-refractivity contribution in [2.24, 2.45) is 0 Å². The Morgan fingerprint density at radius 1 is 1.53 bits per heavy atom. The largest absolute Gasteiger partial charge is 0.432 e. The highest BCUT2D eigenvalue weighted by molar-refractivity contribution is 9.09. The van der Waals surface area contributed by atoms with Crippen molar-refractivity contribution < 1.29 is 13.2 Å². The minimum Gasteiger partial charge on any atom is -0.246 e. The fourth-order valence-electron chi connectivity index (χ4n) is 1.35. The van der Waals surface area contributed by atoms with E-state index in [4.69, 9.17) is 0 Å². The Bertz CT molecular complexity index is 617. The van der Waals surface area contributed by atoms with Gasteiger partial charge >= 0.3 is 11.9 Å². The van der Waals surface area contributed by atoms with Gasteiger partial charge in [0, 0.05) is 5.38 Å². The van der Waals surface area contributed by atoms with E-state index in [1.807, 2.05) is 0 Å². The van der Waals surface area contributed by atoms with Crippen LogP contribution in [0.15, 0.2) is 16.2 Å². The van der Waals surface area contributed by atoms with Crippen LogP contribution in [0, 0.1) is 0 Å². The van der Waals surface area contributed by atoms with Crippen molar-refractivity contribution in [3.05, 3.63) is 33.3 Å². The Labute approximate surface area is 106 Å². The predicted octanol–water partition coefficient (Wildman–Crippen LogP) is 3.23. The highest BCUT2D eigenvalue weighted by Crippen LogP contribution is 2.32. The molecule has 3 nitrogen and oxygen atoms in total. The normalized spacial score (nSPS) is 14.2. The molecule has 92 valence electrons. The molecule has 0 fully saturated rings. The second-order valence-corrected chi connectivity index (χ2v) is 5.64. The molecular formula is C9H6BrF3N2OS. The van der Waals surface area contributed by atoms with Gasteiger partial charge < -0.3 is 0 Å². The molecule has 0 aromatic carbocycles. The van der Waals surface area contributed by atoms with E-state index in [2.05, 4.69) is 20.9 Å². The highest BCUT2D eigenvalue weighted by Gasteiger charge is 2.35. The van der Waals surface area contributed by atoms with Crippen LogP contribution in [-0.2, 0) is 6.18 Å². The minimum atomic E-state index is -4.55. The van der Waals surface area contributed by atoms with Gasteiger partial charge in [-0.1, -0.05) is 15.9 Å². The molecule has 0 aliphatic carbocycles. The molecule has 2 aromatic heterocycles. The predicted molar refractivity (Wildman–Crippen MR) is 61.7 cm³/mol. The van der Waals surface area contributed by atoms with Crippen molar-refractivity contribution in [1.29, 1.82) is 0 Å². The molecule has 2 rings (SSSR count). The molecular weight excluding hydrogens is 321 g/mol. The van der Waals surface area contributed by atoms with E-state index in [0.717, 1.165) is 16.7 Å². The lowest BCUT2D eigenvalue weighted by molar-refractivity contribution is -0.141. The topological polar surface area (TPSA) is 34.4 Å². The molecule has 0 saturated carbocycles. The Morgan fingerprint density at radius 3 is 2.71 bits per heavy atom. The van der Waals surface area contributed by atoms with Gasteiger partial charge in [-0.2, -0.15) is 18.2 Å². The first-order chi connectivity index (χ1) is 7.80. The van der Waals surface area contributed by atoms with Crippen molar-refractivity contribution in [2.45, 2.75) is 17.9 Å². The molecule has 0 aliphatic heterocycles. The maximum atomic E-state index is 12.6. The summed E-state index contributed by atoms with van der Waals surface area (Å²) in [6.45, 7) is 1.75. The van der Waals surface area contributed by atoms with Gasteiger partial charge in [0.2, 0.25) is 0 Å². The highest BCUT2D eigenvalue weighted by atomic mass is 79.9. The second-order valence-electron chi connectivity index (χ2n) is 3.37. The summed E-state index contributed by atoms with van der Waals surface area (Å²) in [6, 6.07) is 1.47. The van der Waals surface area contributed by atoms with Crippen LogP contribution in [0.2, 0.25) is 0 Å². The maximum absolute atomic E-state index is 12.6. The average molecular weight is 327 g/mol. The van der Waals surface area contributed by atoms with Crippen molar-refractivity contribution >= 4 is 32.1 Å². The molecule has 2 heterocycles. The lowest BCUT2D eigenvalue weighted by atomic mass is 10.3. The first kappa shape index (κ1) is 12.6. The maximum Gasteiger partial charge on any atom is 0.432 e. The van der Waals surface area contributed by atoms with E-state index in [0.29, 0.717) is 10.1 Å². The average Bonchev–Trinajstić information content (AvgIpc) is 2.60. The molecule has 0 spiro atoms. The van der Waals surface area contributed by atoms with Crippen molar-refractivity contribution in [1.82, 2.24) is 9.38 Å². The summed E-state index contributed by atoms with van der Waals surface area (Å²) in [7, 11) is 0. The fraction of sp³-hybridized carbons (Fsp3) is 0.333. The Balaban J connectivity index is 2.76. The van der Waals surface area contributed by atoms with Crippen LogP contribution in [0.25, 0.3) is 4.83 Å². The Hall–Kier alpha value is -0.890. The quantitative estimate of drug-likeness (QED) is 0.754. The molecule has 1 unspecified atom stereocenters. The van der Waals surface area contributed by atoms with E-state index < -0.39 is 17.6 Å². The van der Waals surface area contributed by atoms with Gasteiger partial charge in [0.05, 0.1) is 10.5 Å². The first-order valence-electron chi connectivity index (χ1n) is 4.53. The number of aromatic nitrogens is 2. The minimum absolute atomic E-state index is 0.184. The summed E-state index contributed by atoms with van der Waals surface area (Å²) in [5.74, 6) is 0. The van der Waals surface area contributed by atoms with Crippen LogP contribution < -0.4 is 5.69 Å². The monoisotopic (exact) mass is 326 g/mol. The summed E-state index contributed by atoms with van der Waals surface area (Å²) in [4.78, 5) is 15.2. The van der Waals surface area contributed by atoms with E-state index >= 15 is 0 Å². The first-order valence-corrected chi connectivity index (χ1v) is 6.32. The standard InChI is InChI=1S/C9H6BrF3N2OS/c1-4(10)5-2-7-15(8(16)14-5)6(3-17-7)9(11,12)13/h2-4H,1H3. The number of alkyl halides is 4.